The second-order valence-corrected chi connectivity index (χ2v) is 5.43. The van der Waals surface area contributed by atoms with Crippen molar-refractivity contribution in [3.63, 3.8) is 0 Å². The maximum absolute atomic E-state index is 5.60. The van der Waals surface area contributed by atoms with Crippen LogP contribution in [-0.2, 0) is 0 Å². The van der Waals surface area contributed by atoms with Gasteiger partial charge in [-0.1, -0.05) is 39.3 Å². The van der Waals surface area contributed by atoms with Crippen LogP contribution < -0.4 is 5.32 Å². The van der Waals surface area contributed by atoms with E-state index in [0.29, 0.717) is 16.9 Å². The normalized spacial score (nSPS) is 26.2. The Morgan fingerprint density at radius 3 is 2.08 bits per heavy atom. The highest BCUT2D eigenvalue weighted by Gasteiger charge is 2.64. The van der Waals surface area contributed by atoms with Crippen LogP contribution in [0.5, 0.6) is 0 Å². The zero-order chi connectivity index (χ0) is 10.3. The Kier molecular flexibility index (Phi) is 2.80. The fraction of sp³-hybridized carbons (Fsp3) is 0.818. The molecule has 13 heavy (non-hydrogen) atoms. The van der Waals surface area contributed by atoms with Crippen LogP contribution in [0.25, 0.3) is 0 Å². The summed E-state index contributed by atoms with van der Waals surface area (Å²) in [7, 11) is 0. The summed E-state index contributed by atoms with van der Waals surface area (Å²) in [5.41, 5.74) is 3.68. The minimum Gasteiger partial charge on any atom is -0.309 e. The van der Waals surface area contributed by atoms with E-state index in [2.05, 4.69) is 33.0 Å². The molecule has 0 aromatic rings. The Hall–Kier alpha value is -0.0100. The van der Waals surface area contributed by atoms with Gasteiger partial charge in [0.05, 0.1) is 0 Å². The van der Waals surface area contributed by atoms with Gasteiger partial charge in [0.1, 0.15) is 0 Å². The molecule has 1 aliphatic carbocycles. The topological polar surface area (TPSA) is 12.0 Å². The predicted molar refractivity (Wildman–Crippen MR) is 59.0 cm³/mol. The second kappa shape index (κ2) is 3.29. The molecule has 0 radical (unpaired) electrons. The SMILES string of the molecule is CC(=CCl)CNC1C(C)(C)C1(C)C. The van der Waals surface area contributed by atoms with Crippen LogP contribution in [0.1, 0.15) is 34.6 Å². The van der Waals surface area contributed by atoms with Gasteiger partial charge in [-0.15, -0.1) is 0 Å². The van der Waals surface area contributed by atoms with Crippen molar-refractivity contribution in [3.05, 3.63) is 11.1 Å². The first-order valence-electron chi connectivity index (χ1n) is 4.83. The van der Waals surface area contributed by atoms with Gasteiger partial charge in [0.15, 0.2) is 0 Å². The lowest BCUT2D eigenvalue weighted by Gasteiger charge is -2.05. The number of hydrogen-bond acceptors (Lipinski definition) is 1. The molecule has 1 fully saturated rings. The smallest absolute Gasteiger partial charge is 0.0184 e. The molecule has 0 heterocycles. The van der Waals surface area contributed by atoms with E-state index in [1.807, 2.05) is 6.92 Å². The molecular formula is C11H20ClN. The van der Waals surface area contributed by atoms with Gasteiger partial charge in [-0.05, 0) is 23.3 Å². The van der Waals surface area contributed by atoms with Crippen LogP contribution in [0.2, 0.25) is 0 Å². The summed E-state index contributed by atoms with van der Waals surface area (Å²) in [5, 5.41) is 3.54. The highest BCUT2D eigenvalue weighted by atomic mass is 35.5. The molecule has 0 spiro atoms. The molecule has 1 nitrogen and oxygen atoms in total. The van der Waals surface area contributed by atoms with Crippen LogP contribution in [0.3, 0.4) is 0 Å². The molecular weight excluding hydrogens is 182 g/mol. The quantitative estimate of drug-likeness (QED) is 0.740. The first-order chi connectivity index (χ1) is 5.84. The van der Waals surface area contributed by atoms with Crippen LogP contribution in [0.4, 0.5) is 0 Å². The first kappa shape index (κ1) is 11.1. The molecule has 0 atom stereocenters. The first-order valence-corrected chi connectivity index (χ1v) is 5.27. The molecule has 1 aliphatic rings. The molecule has 2 heteroatoms. The average Bonchev–Trinajstić information content (AvgIpc) is 2.40. The Morgan fingerprint density at radius 1 is 1.31 bits per heavy atom. The van der Waals surface area contributed by atoms with E-state index in [1.54, 1.807) is 5.54 Å². The van der Waals surface area contributed by atoms with Gasteiger partial charge in [-0.3, -0.25) is 0 Å². The number of halogens is 1. The summed E-state index contributed by atoms with van der Waals surface area (Å²) in [6.45, 7) is 12.2. The van der Waals surface area contributed by atoms with E-state index in [-0.39, 0.29) is 0 Å². The van der Waals surface area contributed by atoms with Crippen LogP contribution in [-0.4, -0.2) is 12.6 Å². The molecule has 1 N–H and O–H groups in total. The lowest BCUT2D eigenvalue weighted by atomic mass is 10.0. The van der Waals surface area contributed by atoms with E-state index in [9.17, 15) is 0 Å². The van der Waals surface area contributed by atoms with Crippen molar-refractivity contribution in [1.29, 1.82) is 0 Å². The Labute approximate surface area is 86.5 Å². The molecule has 0 amide bonds. The van der Waals surface area contributed by atoms with Crippen LogP contribution in [0.15, 0.2) is 11.1 Å². The van der Waals surface area contributed by atoms with E-state index < -0.39 is 0 Å². The maximum atomic E-state index is 5.60. The number of rotatable bonds is 3. The van der Waals surface area contributed by atoms with E-state index >= 15 is 0 Å². The molecule has 0 saturated heterocycles. The fourth-order valence-corrected chi connectivity index (χ4v) is 2.09. The molecule has 76 valence electrons. The third kappa shape index (κ3) is 1.77. The summed E-state index contributed by atoms with van der Waals surface area (Å²) in [4.78, 5) is 0. The average molecular weight is 202 g/mol. The van der Waals surface area contributed by atoms with Crippen molar-refractivity contribution < 1.29 is 0 Å². The van der Waals surface area contributed by atoms with Gasteiger partial charge < -0.3 is 5.32 Å². The molecule has 0 aromatic carbocycles. The highest BCUT2D eigenvalue weighted by molar-refractivity contribution is 6.25. The standard InChI is InChI=1S/C11H20ClN/c1-8(6-12)7-13-9-10(2,3)11(9,4)5/h6,9,13H,7H2,1-5H3. The minimum absolute atomic E-state index is 0.416. The predicted octanol–water partition coefficient (Wildman–Crippen LogP) is 3.15. The zero-order valence-corrected chi connectivity index (χ0v) is 10.00. The summed E-state index contributed by atoms with van der Waals surface area (Å²) >= 11 is 5.60. The van der Waals surface area contributed by atoms with Gasteiger partial charge in [0, 0.05) is 18.1 Å². The van der Waals surface area contributed by atoms with Crippen molar-refractivity contribution >= 4 is 11.6 Å². The van der Waals surface area contributed by atoms with Crippen LogP contribution in [0, 0.1) is 10.8 Å². The molecule has 1 saturated carbocycles. The number of hydrogen-bond donors (Lipinski definition) is 1. The van der Waals surface area contributed by atoms with Crippen molar-refractivity contribution in [2.45, 2.75) is 40.7 Å². The summed E-state index contributed by atoms with van der Waals surface area (Å²) in [6, 6.07) is 0.617. The van der Waals surface area contributed by atoms with Gasteiger partial charge in [0.25, 0.3) is 0 Å². The molecule has 0 aliphatic heterocycles. The molecule has 0 bridgehead atoms. The minimum atomic E-state index is 0.416. The zero-order valence-electron chi connectivity index (χ0n) is 9.24. The summed E-state index contributed by atoms with van der Waals surface area (Å²) in [6.07, 6.45) is 0. The Balaban J connectivity index is 2.43. The van der Waals surface area contributed by atoms with E-state index in [1.165, 1.54) is 5.57 Å². The Morgan fingerprint density at radius 2 is 1.77 bits per heavy atom. The maximum Gasteiger partial charge on any atom is 0.0184 e. The monoisotopic (exact) mass is 201 g/mol. The van der Waals surface area contributed by atoms with Gasteiger partial charge in [-0.25, -0.2) is 0 Å². The van der Waals surface area contributed by atoms with Gasteiger partial charge in [0.2, 0.25) is 0 Å². The summed E-state index contributed by atoms with van der Waals surface area (Å²) in [5.74, 6) is 0. The van der Waals surface area contributed by atoms with Gasteiger partial charge >= 0.3 is 0 Å². The highest BCUT2D eigenvalue weighted by Crippen LogP contribution is 2.62. The summed E-state index contributed by atoms with van der Waals surface area (Å²) < 4.78 is 0. The van der Waals surface area contributed by atoms with Crippen molar-refractivity contribution in [1.82, 2.24) is 5.32 Å². The molecule has 0 unspecified atom stereocenters. The third-order valence-corrected chi connectivity index (χ3v) is 4.16. The third-order valence-electron chi connectivity index (χ3n) is 3.79. The van der Waals surface area contributed by atoms with Crippen molar-refractivity contribution in [2.75, 3.05) is 6.54 Å². The Bertz CT molecular complexity index is 214. The molecule has 0 aromatic heterocycles. The van der Waals surface area contributed by atoms with Crippen LogP contribution >= 0.6 is 11.6 Å². The fourth-order valence-electron chi connectivity index (χ4n) is 2.01. The lowest BCUT2D eigenvalue weighted by Crippen LogP contribution is -2.23. The van der Waals surface area contributed by atoms with Crippen molar-refractivity contribution in [2.24, 2.45) is 10.8 Å². The van der Waals surface area contributed by atoms with Gasteiger partial charge in [-0.2, -0.15) is 0 Å². The molecule has 1 rings (SSSR count). The largest absolute Gasteiger partial charge is 0.309 e. The number of nitrogens with one attached hydrogen (secondary N) is 1. The van der Waals surface area contributed by atoms with E-state index in [0.717, 1.165) is 6.54 Å². The van der Waals surface area contributed by atoms with Crippen molar-refractivity contribution in [3.8, 4) is 0 Å². The second-order valence-electron chi connectivity index (χ2n) is 5.21. The van der Waals surface area contributed by atoms with E-state index in [4.69, 9.17) is 11.6 Å². The lowest BCUT2D eigenvalue weighted by molar-refractivity contribution is 0.457.